The standard InChI is InChI=1S/C14H7Cl2F3N4O/c15-8-4-9(7-1-2-20-12(24)3-7)13(10(16)5-8)23-6-11(21-22-23)14(17,18)19/h1-6H,(H,20,24). The van der Waals surface area contributed by atoms with Crippen LogP contribution in [0.2, 0.25) is 10.0 Å². The first-order valence-electron chi connectivity index (χ1n) is 6.44. The molecule has 1 aromatic carbocycles. The van der Waals surface area contributed by atoms with Crippen LogP contribution in [0.3, 0.4) is 0 Å². The molecule has 0 atom stereocenters. The van der Waals surface area contributed by atoms with Crippen LogP contribution < -0.4 is 5.56 Å². The van der Waals surface area contributed by atoms with E-state index in [4.69, 9.17) is 23.2 Å². The summed E-state index contributed by atoms with van der Waals surface area (Å²) in [5.41, 5.74) is -0.649. The van der Waals surface area contributed by atoms with Gasteiger partial charge in [0.2, 0.25) is 5.56 Å². The van der Waals surface area contributed by atoms with E-state index in [0.29, 0.717) is 17.3 Å². The quantitative estimate of drug-likeness (QED) is 0.738. The van der Waals surface area contributed by atoms with E-state index in [9.17, 15) is 18.0 Å². The summed E-state index contributed by atoms with van der Waals surface area (Å²) in [6, 6.07) is 5.68. The van der Waals surface area contributed by atoms with Gasteiger partial charge in [-0.05, 0) is 23.8 Å². The molecule has 5 nitrogen and oxygen atoms in total. The van der Waals surface area contributed by atoms with E-state index in [0.717, 1.165) is 4.68 Å². The average molecular weight is 375 g/mol. The van der Waals surface area contributed by atoms with Crippen LogP contribution in [0.25, 0.3) is 16.8 Å². The summed E-state index contributed by atoms with van der Waals surface area (Å²) in [6.07, 6.45) is -2.52. The van der Waals surface area contributed by atoms with Gasteiger partial charge in [0.25, 0.3) is 0 Å². The molecule has 124 valence electrons. The maximum absolute atomic E-state index is 12.7. The maximum Gasteiger partial charge on any atom is 0.436 e. The van der Waals surface area contributed by atoms with Gasteiger partial charge in [0.05, 0.1) is 16.9 Å². The Labute approximate surface area is 142 Å². The summed E-state index contributed by atoms with van der Waals surface area (Å²) in [4.78, 5) is 14.0. The summed E-state index contributed by atoms with van der Waals surface area (Å²) >= 11 is 12.1. The van der Waals surface area contributed by atoms with E-state index < -0.39 is 11.9 Å². The van der Waals surface area contributed by atoms with Crippen molar-refractivity contribution in [3.05, 3.63) is 62.8 Å². The molecule has 0 saturated heterocycles. The lowest BCUT2D eigenvalue weighted by atomic mass is 10.0. The molecule has 0 fully saturated rings. The van der Waals surface area contributed by atoms with Crippen LogP contribution in [0.15, 0.2) is 41.5 Å². The molecule has 1 N–H and O–H groups in total. The lowest BCUT2D eigenvalue weighted by Crippen LogP contribution is -2.05. The number of halogens is 5. The molecule has 3 rings (SSSR count). The van der Waals surface area contributed by atoms with Gasteiger partial charge in [-0.1, -0.05) is 28.4 Å². The normalized spacial score (nSPS) is 11.7. The Morgan fingerprint density at radius 1 is 1.17 bits per heavy atom. The number of rotatable bonds is 2. The van der Waals surface area contributed by atoms with Gasteiger partial charge in [-0.3, -0.25) is 4.79 Å². The van der Waals surface area contributed by atoms with Crippen molar-refractivity contribution >= 4 is 23.2 Å². The van der Waals surface area contributed by atoms with Gasteiger partial charge < -0.3 is 4.98 Å². The van der Waals surface area contributed by atoms with E-state index in [-0.39, 0.29) is 21.3 Å². The summed E-state index contributed by atoms with van der Waals surface area (Å²) in [7, 11) is 0. The number of alkyl halides is 3. The van der Waals surface area contributed by atoms with E-state index >= 15 is 0 Å². The predicted molar refractivity (Wildman–Crippen MR) is 82.4 cm³/mol. The fourth-order valence-electron chi connectivity index (χ4n) is 2.13. The lowest BCUT2D eigenvalue weighted by Gasteiger charge is -2.12. The zero-order valence-electron chi connectivity index (χ0n) is 11.6. The highest BCUT2D eigenvalue weighted by atomic mass is 35.5. The topological polar surface area (TPSA) is 63.6 Å². The molecule has 0 unspecified atom stereocenters. The minimum atomic E-state index is -4.64. The van der Waals surface area contributed by atoms with Crippen LogP contribution in [-0.4, -0.2) is 20.0 Å². The second-order valence-electron chi connectivity index (χ2n) is 4.77. The van der Waals surface area contributed by atoms with Crippen LogP contribution in [0.4, 0.5) is 13.2 Å². The number of nitrogens with one attached hydrogen (secondary N) is 1. The smallest absolute Gasteiger partial charge is 0.329 e. The fourth-order valence-corrected chi connectivity index (χ4v) is 2.71. The number of hydrogen-bond donors (Lipinski definition) is 1. The molecule has 0 aliphatic carbocycles. The Hall–Kier alpha value is -2.32. The van der Waals surface area contributed by atoms with Crippen molar-refractivity contribution in [2.24, 2.45) is 0 Å². The SMILES string of the molecule is O=c1cc(-c2cc(Cl)cc(Cl)c2-n2cc(C(F)(F)F)nn2)cc[nH]1. The third-order valence-electron chi connectivity index (χ3n) is 3.13. The van der Waals surface area contributed by atoms with Crippen molar-refractivity contribution < 1.29 is 13.2 Å². The Morgan fingerprint density at radius 3 is 2.54 bits per heavy atom. The highest BCUT2D eigenvalue weighted by Crippen LogP contribution is 2.36. The Bertz CT molecular complexity index is 965. The molecule has 2 heterocycles. The minimum Gasteiger partial charge on any atom is -0.329 e. The monoisotopic (exact) mass is 374 g/mol. The first kappa shape index (κ1) is 16.5. The largest absolute Gasteiger partial charge is 0.436 e. The summed E-state index contributed by atoms with van der Waals surface area (Å²) in [6.45, 7) is 0. The van der Waals surface area contributed by atoms with Gasteiger partial charge in [0.1, 0.15) is 0 Å². The number of aromatic nitrogens is 4. The molecule has 0 bridgehead atoms. The average Bonchev–Trinajstić information content (AvgIpc) is 2.96. The van der Waals surface area contributed by atoms with Gasteiger partial charge in [-0.2, -0.15) is 13.2 Å². The molecule has 0 saturated carbocycles. The molecule has 0 radical (unpaired) electrons. The van der Waals surface area contributed by atoms with Crippen molar-refractivity contribution in [3.63, 3.8) is 0 Å². The molecule has 0 spiro atoms. The van der Waals surface area contributed by atoms with E-state index in [1.807, 2.05) is 0 Å². The predicted octanol–water partition coefficient (Wildman–Crippen LogP) is 3.95. The van der Waals surface area contributed by atoms with E-state index in [1.165, 1.54) is 24.4 Å². The van der Waals surface area contributed by atoms with Crippen molar-refractivity contribution in [1.82, 2.24) is 20.0 Å². The molecule has 0 amide bonds. The number of aromatic amines is 1. The molecule has 10 heteroatoms. The van der Waals surface area contributed by atoms with Gasteiger partial charge >= 0.3 is 6.18 Å². The first-order chi connectivity index (χ1) is 11.3. The summed E-state index contributed by atoms with van der Waals surface area (Å²) < 4.78 is 39.1. The highest BCUT2D eigenvalue weighted by Gasteiger charge is 2.35. The highest BCUT2D eigenvalue weighted by molar-refractivity contribution is 6.36. The second-order valence-corrected chi connectivity index (χ2v) is 5.62. The van der Waals surface area contributed by atoms with Gasteiger partial charge in [0.15, 0.2) is 5.69 Å². The van der Waals surface area contributed by atoms with Gasteiger partial charge in [-0.25, -0.2) is 4.68 Å². The third-order valence-corrected chi connectivity index (χ3v) is 3.63. The number of H-pyrrole nitrogens is 1. The molecule has 24 heavy (non-hydrogen) atoms. The zero-order chi connectivity index (χ0) is 17.5. The summed E-state index contributed by atoms with van der Waals surface area (Å²) in [5.74, 6) is 0. The van der Waals surface area contributed by atoms with Gasteiger partial charge in [0, 0.05) is 22.8 Å². The maximum atomic E-state index is 12.7. The third kappa shape index (κ3) is 3.15. The Kier molecular flexibility index (Phi) is 4.10. The Balaban J connectivity index is 2.24. The van der Waals surface area contributed by atoms with Gasteiger partial charge in [-0.15, -0.1) is 5.10 Å². The van der Waals surface area contributed by atoms with Crippen molar-refractivity contribution in [3.8, 4) is 16.8 Å². The van der Waals surface area contributed by atoms with Crippen LogP contribution in [0.1, 0.15) is 5.69 Å². The second kappa shape index (κ2) is 5.95. The Morgan fingerprint density at radius 2 is 1.92 bits per heavy atom. The number of hydrogen-bond acceptors (Lipinski definition) is 3. The number of pyridine rings is 1. The molecule has 3 aromatic rings. The van der Waals surface area contributed by atoms with Crippen molar-refractivity contribution in [2.75, 3.05) is 0 Å². The van der Waals surface area contributed by atoms with Crippen LogP contribution in [0.5, 0.6) is 0 Å². The fraction of sp³-hybridized carbons (Fsp3) is 0.0714. The van der Waals surface area contributed by atoms with E-state index in [1.54, 1.807) is 6.07 Å². The molecular weight excluding hydrogens is 368 g/mol. The molecular formula is C14H7Cl2F3N4O. The number of benzene rings is 1. The van der Waals surface area contributed by atoms with Crippen LogP contribution in [-0.2, 0) is 6.18 Å². The van der Waals surface area contributed by atoms with Crippen molar-refractivity contribution in [1.29, 1.82) is 0 Å². The molecule has 0 aliphatic rings. The first-order valence-corrected chi connectivity index (χ1v) is 7.19. The van der Waals surface area contributed by atoms with E-state index in [2.05, 4.69) is 15.3 Å². The van der Waals surface area contributed by atoms with Crippen molar-refractivity contribution in [2.45, 2.75) is 6.18 Å². The van der Waals surface area contributed by atoms with Crippen LogP contribution in [0, 0.1) is 0 Å². The van der Waals surface area contributed by atoms with Crippen LogP contribution >= 0.6 is 23.2 Å². The zero-order valence-corrected chi connectivity index (χ0v) is 13.1. The summed E-state index contributed by atoms with van der Waals surface area (Å²) in [5, 5.41) is 6.92. The number of nitrogens with zero attached hydrogens (tertiary/aromatic N) is 3. The molecule has 2 aromatic heterocycles. The lowest BCUT2D eigenvalue weighted by molar-refractivity contribution is -0.141. The molecule has 0 aliphatic heterocycles. The minimum absolute atomic E-state index is 0.0661.